The third kappa shape index (κ3) is 13.4. The fourth-order valence-corrected chi connectivity index (χ4v) is 12.7. The Morgan fingerprint density at radius 3 is 1.54 bits per heavy atom. The van der Waals surface area contributed by atoms with Crippen molar-refractivity contribution >= 4 is 59.1 Å². The predicted octanol–water partition coefficient (Wildman–Crippen LogP) is 5.82. The molecule has 2 saturated carbocycles. The highest BCUT2D eigenvalue weighted by atomic mass is 32.2. The molecule has 0 aromatic heterocycles. The summed E-state index contributed by atoms with van der Waals surface area (Å²) in [6.45, 7) is 2.06. The number of nitrogens with zero attached hydrogens (tertiary/aromatic N) is 2. The predicted molar refractivity (Wildman–Crippen MR) is 250 cm³/mol. The molecule has 65 heavy (non-hydrogen) atoms. The van der Waals surface area contributed by atoms with Crippen LogP contribution in [0.1, 0.15) is 101 Å². The average molecular weight is 935 g/mol. The minimum absolute atomic E-state index is 0.0508. The summed E-state index contributed by atoms with van der Waals surface area (Å²) in [5, 5.41) is 16.1. The quantitative estimate of drug-likeness (QED) is 0.314. The molecular weight excluding hydrogens is 869 g/mol. The standard InChI is InChI=1S/C25H34N2O5S.C24H32N2O5S/c1-31-25(30)21-15-20-16-27(21)24(29)23(18-8-3-2-4-9-18)26-22(28)14-17-7-5-10-19(13-17)32-11-6-12-33-20;27-21-13-16-6-4-9-18(12-16)31-10-5-11-32-19-14-20(24(29)30)26(15-19)23(28)22(25-21)17-7-2-1-3-8-17/h5,7,10,13,18,20-21,23H,2-4,6,8-9,11-12,14-16H2,1H3,(H,26,28);4,6,9,12,17,19-20,22H,1-3,5,7-8,10-11,13-15H2,(H,25,27)(H,29,30)/t20-,21+,23+;19-,20+,22+/m11/s1. The normalized spacial score (nSPS) is 27.8. The van der Waals surface area contributed by atoms with Crippen LogP contribution < -0.4 is 20.1 Å². The van der Waals surface area contributed by atoms with Gasteiger partial charge in [-0.15, -0.1) is 0 Å². The van der Waals surface area contributed by atoms with E-state index in [-0.39, 0.29) is 64.8 Å². The zero-order valence-electron chi connectivity index (χ0n) is 37.6. The zero-order valence-corrected chi connectivity index (χ0v) is 39.3. The lowest BCUT2D eigenvalue weighted by Gasteiger charge is -2.34. The van der Waals surface area contributed by atoms with Crippen LogP contribution in [0, 0.1) is 11.8 Å². The Morgan fingerprint density at radius 1 is 0.646 bits per heavy atom. The van der Waals surface area contributed by atoms with Gasteiger partial charge < -0.3 is 39.8 Å². The van der Waals surface area contributed by atoms with Crippen LogP contribution in [-0.2, 0) is 46.3 Å². The van der Waals surface area contributed by atoms with Crippen molar-refractivity contribution in [2.24, 2.45) is 11.8 Å². The van der Waals surface area contributed by atoms with Gasteiger partial charge in [-0.25, -0.2) is 9.59 Å². The highest BCUT2D eigenvalue weighted by molar-refractivity contribution is 8.00. The van der Waals surface area contributed by atoms with Crippen molar-refractivity contribution in [3.8, 4) is 11.5 Å². The second-order valence-electron chi connectivity index (χ2n) is 18.3. The number of methoxy groups -OCH3 is 1. The van der Waals surface area contributed by atoms with Gasteiger partial charge in [-0.05, 0) is 110 Å². The fourth-order valence-electron chi connectivity index (χ4n) is 10.3. The molecule has 0 unspecified atom stereocenters. The second-order valence-corrected chi connectivity index (χ2v) is 21.1. The summed E-state index contributed by atoms with van der Waals surface area (Å²) in [5.74, 6) is 1.28. The topological polar surface area (TPSA) is 181 Å². The summed E-state index contributed by atoms with van der Waals surface area (Å²) in [4.78, 5) is 81.2. The van der Waals surface area contributed by atoms with Gasteiger partial charge in [-0.2, -0.15) is 23.5 Å². The molecule has 16 heteroatoms. The molecule has 8 rings (SSSR count). The van der Waals surface area contributed by atoms with Gasteiger partial charge in [0.25, 0.3) is 0 Å². The molecule has 6 aliphatic rings. The average Bonchev–Trinajstić information content (AvgIpc) is 3.95. The maximum absolute atomic E-state index is 13.8. The van der Waals surface area contributed by atoms with E-state index >= 15 is 0 Å². The molecule has 354 valence electrons. The number of rotatable bonds is 4. The van der Waals surface area contributed by atoms with Gasteiger partial charge in [0.2, 0.25) is 23.6 Å². The molecule has 2 aliphatic carbocycles. The van der Waals surface area contributed by atoms with E-state index in [9.17, 15) is 33.9 Å². The number of carbonyl (C=O) groups is 6. The van der Waals surface area contributed by atoms with Gasteiger partial charge in [0.1, 0.15) is 35.7 Å². The summed E-state index contributed by atoms with van der Waals surface area (Å²) in [6, 6.07) is 12.4. The van der Waals surface area contributed by atoms with Gasteiger partial charge in [-0.3, -0.25) is 19.2 Å². The molecule has 2 aromatic carbocycles. The summed E-state index contributed by atoms with van der Waals surface area (Å²) in [7, 11) is 1.37. The molecule has 4 aliphatic heterocycles. The summed E-state index contributed by atoms with van der Waals surface area (Å²) < 4.78 is 16.8. The van der Waals surface area contributed by atoms with Crippen LogP contribution in [0.15, 0.2) is 48.5 Å². The zero-order chi connectivity index (χ0) is 45.7. The second kappa shape index (κ2) is 23.8. The van der Waals surface area contributed by atoms with Crippen LogP contribution >= 0.6 is 23.5 Å². The minimum atomic E-state index is -0.965. The first-order valence-corrected chi connectivity index (χ1v) is 25.8. The third-order valence-corrected chi connectivity index (χ3v) is 16.3. The Morgan fingerprint density at radius 2 is 1.09 bits per heavy atom. The molecule has 2 saturated heterocycles. The van der Waals surface area contributed by atoms with Crippen molar-refractivity contribution < 1.29 is 48.1 Å². The fraction of sp³-hybridized carbons (Fsp3) is 0.633. The third-order valence-electron chi connectivity index (χ3n) is 13.6. The number of hydrogen-bond acceptors (Lipinski definition) is 11. The molecule has 0 radical (unpaired) electrons. The molecule has 14 nitrogen and oxygen atoms in total. The number of ether oxygens (including phenoxy) is 3. The Kier molecular flexibility index (Phi) is 17.8. The molecular formula is C49H66N4O10S2. The number of thioether (sulfide) groups is 2. The Hall–Kier alpha value is -4.44. The van der Waals surface area contributed by atoms with Crippen molar-refractivity contribution in [3.63, 3.8) is 0 Å². The lowest BCUT2D eigenvalue weighted by Crippen LogP contribution is -2.55. The van der Waals surface area contributed by atoms with Crippen LogP contribution in [-0.4, -0.2) is 130 Å². The van der Waals surface area contributed by atoms with Crippen LogP contribution in [0.4, 0.5) is 0 Å². The van der Waals surface area contributed by atoms with Crippen molar-refractivity contribution in [1.82, 2.24) is 20.4 Å². The van der Waals surface area contributed by atoms with E-state index in [4.69, 9.17) is 14.2 Å². The Balaban J connectivity index is 0.000000194. The molecule has 2 aromatic rings. The van der Waals surface area contributed by atoms with E-state index in [1.807, 2.05) is 48.5 Å². The van der Waals surface area contributed by atoms with Crippen molar-refractivity contribution in [3.05, 3.63) is 59.7 Å². The van der Waals surface area contributed by atoms with Gasteiger partial charge in [-0.1, -0.05) is 62.8 Å². The Labute approximate surface area is 391 Å². The number of carbonyl (C=O) groups excluding carboxylic acids is 5. The molecule has 8 bridgehead atoms. The van der Waals surface area contributed by atoms with Crippen LogP contribution in [0.3, 0.4) is 0 Å². The van der Waals surface area contributed by atoms with Gasteiger partial charge >= 0.3 is 11.9 Å². The summed E-state index contributed by atoms with van der Waals surface area (Å²) in [6.07, 6.45) is 13.1. The maximum Gasteiger partial charge on any atom is 0.328 e. The first-order valence-electron chi connectivity index (χ1n) is 23.7. The number of amides is 4. The van der Waals surface area contributed by atoms with E-state index in [1.54, 1.807) is 28.4 Å². The molecule has 4 fully saturated rings. The van der Waals surface area contributed by atoms with Gasteiger partial charge in [0.05, 0.1) is 33.2 Å². The lowest BCUT2D eigenvalue weighted by atomic mass is 9.83. The van der Waals surface area contributed by atoms with E-state index < -0.39 is 30.1 Å². The van der Waals surface area contributed by atoms with E-state index in [2.05, 4.69) is 10.6 Å². The highest BCUT2D eigenvalue weighted by Crippen LogP contribution is 2.35. The highest BCUT2D eigenvalue weighted by Gasteiger charge is 2.46. The molecule has 0 spiro atoms. The Bertz CT molecular complexity index is 1980. The van der Waals surface area contributed by atoms with Gasteiger partial charge in [0, 0.05) is 23.6 Å². The number of nitrogens with one attached hydrogen (secondary N) is 2. The number of hydrogen-bond donors (Lipinski definition) is 3. The number of fused-ring (bicyclic) bond motifs is 8. The largest absolute Gasteiger partial charge is 0.494 e. The lowest BCUT2D eigenvalue weighted by molar-refractivity contribution is -0.152. The monoisotopic (exact) mass is 934 g/mol. The number of carboxylic acids is 1. The summed E-state index contributed by atoms with van der Waals surface area (Å²) in [5.41, 5.74) is 1.69. The number of aliphatic carboxylic acids is 1. The minimum Gasteiger partial charge on any atom is -0.494 e. The van der Waals surface area contributed by atoms with Crippen molar-refractivity contribution in [2.45, 2.75) is 137 Å². The van der Waals surface area contributed by atoms with Crippen molar-refractivity contribution in [1.29, 1.82) is 0 Å². The smallest absolute Gasteiger partial charge is 0.328 e. The molecule has 3 N–H and O–H groups in total. The van der Waals surface area contributed by atoms with Crippen LogP contribution in [0.25, 0.3) is 0 Å². The molecule has 4 heterocycles. The van der Waals surface area contributed by atoms with Gasteiger partial charge in [0.15, 0.2) is 0 Å². The molecule has 6 atom stereocenters. The van der Waals surface area contributed by atoms with E-state index in [1.165, 1.54) is 12.0 Å². The number of esters is 1. The summed E-state index contributed by atoms with van der Waals surface area (Å²) >= 11 is 3.49. The maximum atomic E-state index is 13.8. The van der Waals surface area contributed by atoms with Crippen LogP contribution in [0.5, 0.6) is 11.5 Å². The number of benzene rings is 2. The molecule has 4 amide bonds. The van der Waals surface area contributed by atoms with E-state index in [0.29, 0.717) is 39.1 Å². The number of carboxylic acid groups (broad SMARTS) is 1. The first kappa shape index (κ1) is 48.5. The van der Waals surface area contributed by atoms with Crippen molar-refractivity contribution in [2.75, 3.05) is 44.9 Å². The first-order chi connectivity index (χ1) is 31.6. The SMILES string of the molecule is COC(=O)[C@@H]1C[C@@H]2CN1C(=O)[C@H](C1CCCCC1)NC(=O)Cc1cccc(c1)OCCCS2.O=C1Cc2cccc(c2)OCCCS[C@@H]2C[C@@H](C(=O)O)N(C2)C(=O)[C@H](C2CCCCC2)N1. The van der Waals surface area contributed by atoms with E-state index in [0.717, 1.165) is 111 Å². The van der Waals surface area contributed by atoms with Crippen LogP contribution in [0.2, 0.25) is 0 Å².